The molecule has 2 heterocycles. The molecule has 0 spiro atoms. The Hall–Kier alpha value is -3.48. The summed E-state index contributed by atoms with van der Waals surface area (Å²) in [5.41, 5.74) is 1.08. The molecule has 0 radical (unpaired) electrons. The summed E-state index contributed by atoms with van der Waals surface area (Å²) in [4.78, 5) is 32.3. The number of urea groups is 1. The third-order valence-corrected chi connectivity index (χ3v) is 4.79. The van der Waals surface area contributed by atoms with Crippen molar-refractivity contribution in [1.29, 1.82) is 0 Å². The molecule has 3 aromatic rings. The number of alkyl halides is 3. The number of aryl methyl sites for hydroxylation is 2. The molecule has 0 saturated carbocycles. The molecule has 2 aromatic heterocycles. The fraction of sp³-hybridized carbons (Fsp3) is 0.278. The summed E-state index contributed by atoms with van der Waals surface area (Å²) >= 11 is 1.58. The van der Waals surface area contributed by atoms with Crippen molar-refractivity contribution in [1.82, 2.24) is 24.6 Å². The number of amides is 2. The van der Waals surface area contributed by atoms with Gasteiger partial charge in [0.25, 0.3) is 0 Å². The molecule has 2 amide bonds. The van der Waals surface area contributed by atoms with E-state index in [1.807, 2.05) is 37.3 Å². The minimum Gasteiger partial charge on any atom is -0.475 e. The predicted octanol–water partition coefficient (Wildman–Crippen LogP) is 3.54. The molecule has 0 aliphatic heterocycles. The van der Waals surface area contributed by atoms with Crippen molar-refractivity contribution in [3.05, 3.63) is 47.2 Å². The highest BCUT2D eigenvalue weighted by molar-refractivity contribution is 7.15. The Balaban J connectivity index is 0.000000423. The number of rotatable bonds is 4. The van der Waals surface area contributed by atoms with Gasteiger partial charge >= 0.3 is 18.2 Å². The van der Waals surface area contributed by atoms with Crippen LogP contribution in [-0.4, -0.2) is 55.0 Å². The summed E-state index contributed by atoms with van der Waals surface area (Å²) in [6.07, 6.45) is -3.28. The summed E-state index contributed by atoms with van der Waals surface area (Å²) in [5.74, 6) is -1.71. The number of nitrogens with one attached hydrogen (secondary N) is 1. The zero-order valence-corrected chi connectivity index (χ0v) is 17.5. The first-order valence-electron chi connectivity index (χ1n) is 8.67. The fourth-order valence-electron chi connectivity index (χ4n) is 2.11. The second-order valence-electron chi connectivity index (χ2n) is 6.19. The number of carbonyl (C=O) groups excluding carboxylic acids is 1. The number of hydrogen-bond donors (Lipinski definition) is 2. The van der Waals surface area contributed by atoms with Gasteiger partial charge in [0.05, 0.1) is 6.54 Å². The maximum absolute atomic E-state index is 12.2. The van der Waals surface area contributed by atoms with Crippen molar-refractivity contribution in [2.45, 2.75) is 19.6 Å². The third-order valence-electron chi connectivity index (χ3n) is 3.76. The summed E-state index contributed by atoms with van der Waals surface area (Å²) < 4.78 is 33.4. The van der Waals surface area contributed by atoms with Gasteiger partial charge in [-0.15, -0.1) is 16.4 Å². The van der Waals surface area contributed by atoms with Crippen LogP contribution in [0.5, 0.6) is 0 Å². The Morgan fingerprint density at radius 2 is 1.87 bits per heavy atom. The minimum atomic E-state index is -5.08. The van der Waals surface area contributed by atoms with E-state index in [4.69, 9.17) is 9.90 Å². The van der Waals surface area contributed by atoms with Gasteiger partial charge in [-0.2, -0.15) is 18.2 Å². The SMILES string of the molecule is Cc1nc(NC(=O)N(C)Cc2cnc(-c3ccccc3)s2)nn1C.O=C(O)C(F)(F)F. The zero-order chi connectivity index (χ0) is 23.2. The van der Waals surface area contributed by atoms with Crippen LogP contribution in [0.1, 0.15) is 10.7 Å². The van der Waals surface area contributed by atoms with Gasteiger partial charge in [-0.3, -0.25) is 10.00 Å². The molecule has 13 heteroatoms. The smallest absolute Gasteiger partial charge is 0.475 e. The van der Waals surface area contributed by atoms with Crippen LogP contribution >= 0.6 is 11.3 Å². The van der Waals surface area contributed by atoms with Gasteiger partial charge in [-0.25, -0.2) is 14.6 Å². The Kier molecular flexibility index (Phi) is 7.69. The largest absolute Gasteiger partial charge is 0.490 e. The molecule has 0 fully saturated rings. The van der Waals surface area contributed by atoms with Gasteiger partial charge in [0, 0.05) is 30.7 Å². The molecular weight excluding hydrogens is 437 g/mol. The van der Waals surface area contributed by atoms with Gasteiger partial charge in [0.15, 0.2) is 0 Å². The first kappa shape index (κ1) is 23.8. The molecule has 2 N–H and O–H groups in total. The zero-order valence-electron chi connectivity index (χ0n) is 16.7. The molecule has 0 aliphatic rings. The van der Waals surface area contributed by atoms with E-state index in [0.717, 1.165) is 21.3 Å². The van der Waals surface area contributed by atoms with Crippen LogP contribution in [0.3, 0.4) is 0 Å². The van der Waals surface area contributed by atoms with E-state index in [-0.39, 0.29) is 6.03 Å². The van der Waals surface area contributed by atoms with Gasteiger partial charge in [-0.1, -0.05) is 30.3 Å². The molecule has 31 heavy (non-hydrogen) atoms. The number of nitrogens with zero attached hydrogens (tertiary/aromatic N) is 5. The van der Waals surface area contributed by atoms with Crippen molar-refractivity contribution in [2.24, 2.45) is 7.05 Å². The van der Waals surface area contributed by atoms with Crippen LogP contribution in [-0.2, 0) is 18.4 Å². The first-order chi connectivity index (χ1) is 14.5. The molecule has 0 saturated heterocycles. The Morgan fingerprint density at radius 3 is 2.39 bits per heavy atom. The van der Waals surface area contributed by atoms with Crippen molar-refractivity contribution in [2.75, 3.05) is 12.4 Å². The first-order valence-corrected chi connectivity index (χ1v) is 9.49. The number of anilines is 1. The van der Waals surface area contributed by atoms with Crippen LogP contribution in [0.25, 0.3) is 10.6 Å². The standard InChI is InChI=1S/C16H18N6OS.C2HF3O2/c1-11-18-15(20-22(11)3)19-16(23)21(2)10-13-9-17-14(24-13)12-7-5-4-6-8-12;3-2(4,5)1(6)7/h4-9H,10H2,1-3H3,(H,19,20,23);(H,6,7). The summed E-state index contributed by atoms with van der Waals surface area (Å²) in [6, 6.07) is 9.73. The number of thiazole rings is 1. The second-order valence-corrected chi connectivity index (χ2v) is 7.31. The molecule has 0 aliphatic carbocycles. The van der Waals surface area contributed by atoms with Gasteiger partial charge in [-0.05, 0) is 6.92 Å². The lowest BCUT2D eigenvalue weighted by Gasteiger charge is -2.15. The monoisotopic (exact) mass is 456 g/mol. The maximum Gasteiger partial charge on any atom is 0.490 e. The second kappa shape index (κ2) is 10.0. The van der Waals surface area contributed by atoms with Crippen molar-refractivity contribution >= 4 is 29.3 Å². The number of benzene rings is 1. The molecule has 0 bridgehead atoms. The maximum atomic E-state index is 12.2. The molecule has 0 unspecified atom stereocenters. The average Bonchev–Trinajstić information content (AvgIpc) is 3.28. The normalized spacial score (nSPS) is 10.8. The van der Waals surface area contributed by atoms with E-state index in [1.165, 1.54) is 0 Å². The van der Waals surface area contributed by atoms with Crippen molar-refractivity contribution < 1.29 is 27.9 Å². The predicted molar refractivity (Wildman–Crippen MR) is 107 cm³/mol. The number of halogens is 3. The van der Waals surface area contributed by atoms with E-state index in [0.29, 0.717) is 12.5 Å². The van der Waals surface area contributed by atoms with E-state index < -0.39 is 12.1 Å². The summed E-state index contributed by atoms with van der Waals surface area (Å²) in [6.45, 7) is 2.30. The lowest BCUT2D eigenvalue weighted by atomic mass is 10.2. The van der Waals surface area contributed by atoms with Crippen LogP contribution < -0.4 is 5.32 Å². The third kappa shape index (κ3) is 7.06. The van der Waals surface area contributed by atoms with Crippen molar-refractivity contribution in [3.63, 3.8) is 0 Å². The number of aromatic nitrogens is 4. The Morgan fingerprint density at radius 1 is 1.26 bits per heavy atom. The Bertz CT molecular complexity index is 1020. The van der Waals surface area contributed by atoms with Crippen LogP contribution in [0.15, 0.2) is 36.5 Å². The molecular formula is C18H19F3N6O3S. The number of carbonyl (C=O) groups is 2. The van der Waals surface area contributed by atoms with Gasteiger partial charge < -0.3 is 10.0 Å². The highest BCUT2D eigenvalue weighted by Crippen LogP contribution is 2.25. The van der Waals surface area contributed by atoms with Crippen molar-refractivity contribution in [3.8, 4) is 10.6 Å². The summed E-state index contributed by atoms with van der Waals surface area (Å²) in [5, 5.41) is 14.9. The van der Waals surface area contributed by atoms with Crippen LogP contribution in [0.4, 0.5) is 23.9 Å². The number of carboxylic acid groups (broad SMARTS) is 1. The lowest BCUT2D eigenvalue weighted by molar-refractivity contribution is -0.192. The number of aliphatic carboxylic acids is 1. The molecule has 166 valence electrons. The number of carboxylic acids is 1. The average molecular weight is 456 g/mol. The molecule has 1 aromatic carbocycles. The van der Waals surface area contributed by atoms with Gasteiger partial charge in [0.1, 0.15) is 10.8 Å². The Labute approximate surface area is 179 Å². The van der Waals surface area contributed by atoms with Crippen LogP contribution in [0, 0.1) is 6.92 Å². The van der Waals surface area contributed by atoms with E-state index >= 15 is 0 Å². The minimum absolute atomic E-state index is 0.254. The topological polar surface area (TPSA) is 113 Å². The summed E-state index contributed by atoms with van der Waals surface area (Å²) in [7, 11) is 3.51. The number of hydrogen-bond acceptors (Lipinski definition) is 6. The van der Waals surface area contributed by atoms with E-state index in [1.54, 1.807) is 41.2 Å². The molecule has 3 rings (SSSR count). The van der Waals surface area contributed by atoms with E-state index in [9.17, 15) is 18.0 Å². The lowest BCUT2D eigenvalue weighted by Crippen LogP contribution is -2.31. The highest BCUT2D eigenvalue weighted by Gasteiger charge is 2.38. The fourth-order valence-corrected chi connectivity index (χ4v) is 3.08. The highest BCUT2D eigenvalue weighted by atomic mass is 32.1. The van der Waals surface area contributed by atoms with E-state index in [2.05, 4.69) is 20.4 Å². The molecule has 0 atom stereocenters. The van der Waals surface area contributed by atoms with Gasteiger partial charge in [0.2, 0.25) is 5.95 Å². The van der Waals surface area contributed by atoms with Crippen LogP contribution in [0.2, 0.25) is 0 Å². The quantitative estimate of drug-likeness (QED) is 0.621. The molecule has 9 nitrogen and oxygen atoms in total.